The van der Waals surface area contributed by atoms with Crippen LogP contribution >= 0.6 is 0 Å². The van der Waals surface area contributed by atoms with Crippen LogP contribution in [0.3, 0.4) is 0 Å². The number of morpholine rings is 1. The Morgan fingerprint density at radius 3 is 2.84 bits per heavy atom. The first kappa shape index (κ1) is 20.2. The Hall–Kier alpha value is -3.72. The van der Waals surface area contributed by atoms with Gasteiger partial charge in [0.2, 0.25) is 0 Å². The first-order valence-corrected chi connectivity index (χ1v) is 10.5. The molecule has 32 heavy (non-hydrogen) atoms. The van der Waals surface area contributed by atoms with Crippen molar-refractivity contribution in [1.82, 2.24) is 24.7 Å². The van der Waals surface area contributed by atoms with Gasteiger partial charge in [-0.1, -0.05) is 0 Å². The second kappa shape index (κ2) is 7.76. The van der Waals surface area contributed by atoms with E-state index >= 15 is 0 Å². The van der Waals surface area contributed by atoms with Crippen LogP contribution in [-0.4, -0.2) is 61.6 Å². The van der Waals surface area contributed by atoms with Gasteiger partial charge in [0.05, 0.1) is 42.4 Å². The van der Waals surface area contributed by atoms with Crippen LogP contribution < -0.4 is 4.90 Å². The van der Waals surface area contributed by atoms with E-state index in [0.29, 0.717) is 24.6 Å². The molecule has 0 amide bonds. The van der Waals surface area contributed by atoms with Gasteiger partial charge in [-0.15, -0.1) is 0 Å². The highest BCUT2D eigenvalue weighted by atomic mass is 16.5. The molecule has 0 bridgehead atoms. The molecule has 2 N–H and O–H groups in total. The topological polar surface area (TPSA) is 109 Å². The fourth-order valence-electron chi connectivity index (χ4n) is 4.28. The molecule has 4 aromatic rings. The predicted molar refractivity (Wildman–Crippen MR) is 121 cm³/mol. The lowest BCUT2D eigenvalue weighted by Gasteiger charge is -2.34. The number of fused-ring (bicyclic) bond motifs is 1. The Morgan fingerprint density at radius 2 is 2.12 bits per heavy atom. The van der Waals surface area contributed by atoms with E-state index in [1.807, 2.05) is 32.3 Å². The number of aryl methyl sites for hydroxylation is 2. The van der Waals surface area contributed by atoms with E-state index in [2.05, 4.69) is 21.9 Å². The molecule has 1 fully saturated rings. The molecular weight excluding hydrogens is 408 g/mol. The average Bonchev–Trinajstić information content (AvgIpc) is 3.39. The molecule has 4 heterocycles. The maximum Gasteiger partial charge on any atom is 0.335 e. The number of rotatable bonds is 4. The number of hydrogen-bond donors (Lipinski definition) is 2. The first-order valence-electron chi connectivity index (χ1n) is 10.5. The van der Waals surface area contributed by atoms with E-state index < -0.39 is 5.97 Å². The number of aromatic carboxylic acids is 1. The highest BCUT2D eigenvalue weighted by Gasteiger charge is 2.24. The normalized spacial score (nSPS) is 16.6. The van der Waals surface area contributed by atoms with E-state index in [-0.39, 0.29) is 11.6 Å². The van der Waals surface area contributed by atoms with Crippen LogP contribution in [0.5, 0.6) is 0 Å². The number of carbonyl (C=O) groups is 1. The van der Waals surface area contributed by atoms with Crippen molar-refractivity contribution in [3.05, 3.63) is 47.8 Å². The fourth-order valence-corrected chi connectivity index (χ4v) is 4.28. The summed E-state index contributed by atoms with van der Waals surface area (Å²) in [5.74, 6) is 0.263. The maximum absolute atomic E-state index is 11.8. The molecule has 3 aromatic heterocycles. The minimum atomic E-state index is -0.997. The molecule has 0 spiro atoms. The van der Waals surface area contributed by atoms with Gasteiger partial charge in [0.25, 0.3) is 0 Å². The molecular formula is C23H24N6O3. The summed E-state index contributed by atoms with van der Waals surface area (Å²) in [5, 5.41) is 14.9. The third-order valence-corrected chi connectivity index (χ3v) is 5.90. The van der Waals surface area contributed by atoms with Crippen LogP contribution in [-0.2, 0) is 11.8 Å². The standard InChI is InChI=1S/C23H24N6O3/c1-13-11-25-28(3)21(13)19-10-20(29-6-7-32-12-14(29)2)27-22(26-19)17-8-15(23(30)31)9-18-16(17)4-5-24-18/h4-5,8-11,14,24H,6-7,12H2,1-3H3,(H,30,31). The van der Waals surface area contributed by atoms with Crippen LogP contribution in [0.2, 0.25) is 0 Å². The van der Waals surface area contributed by atoms with Gasteiger partial charge in [-0.3, -0.25) is 4.68 Å². The third-order valence-electron chi connectivity index (χ3n) is 5.90. The summed E-state index contributed by atoms with van der Waals surface area (Å²) in [6, 6.07) is 7.31. The number of ether oxygens (including phenoxy) is 1. The van der Waals surface area contributed by atoms with E-state index in [1.165, 1.54) is 0 Å². The molecule has 164 valence electrons. The zero-order valence-corrected chi connectivity index (χ0v) is 18.2. The number of carboxylic acids is 1. The number of benzene rings is 1. The number of aromatic nitrogens is 5. The zero-order valence-electron chi connectivity index (χ0n) is 18.2. The van der Waals surface area contributed by atoms with Gasteiger partial charge >= 0.3 is 5.97 Å². The molecule has 1 atom stereocenters. The maximum atomic E-state index is 11.8. The summed E-state index contributed by atoms with van der Waals surface area (Å²) in [5.41, 5.74) is 4.23. The van der Waals surface area contributed by atoms with E-state index in [9.17, 15) is 9.90 Å². The number of nitrogens with one attached hydrogen (secondary N) is 1. The molecule has 0 radical (unpaired) electrons. The van der Waals surface area contributed by atoms with Crippen molar-refractivity contribution in [2.75, 3.05) is 24.7 Å². The van der Waals surface area contributed by atoms with Gasteiger partial charge in [0.1, 0.15) is 5.82 Å². The zero-order chi connectivity index (χ0) is 22.4. The molecule has 1 unspecified atom stereocenters. The smallest absolute Gasteiger partial charge is 0.335 e. The molecule has 5 rings (SSSR count). The lowest BCUT2D eigenvalue weighted by molar-refractivity contribution is 0.0697. The number of hydrogen-bond acceptors (Lipinski definition) is 6. The van der Waals surface area contributed by atoms with Crippen LogP contribution in [0.4, 0.5) is 5.82 Å². The molecule has 0 saturated carbocycles. The fraction of sp³-hybridized carbons (Fsp3) is 0.304. The Morgan fingerprint density at radius 1 is 1.28 bits per heavy atom. The molecule has 9 nitrogen and oxygen atoms in total. The van der Waals surface area contributed by atoms with Crippen LogP contribution in [0.1, 0.15) is 22.8 Å². The second-order valence-electron chi connectivity index (χ2n) is 8.12. The minimum absolute atomic E-state index is 0.157. The van der Waals surface area contributed by atoms with Gasteiger partial charge in [0.15, 0.2) is 5.82 Å². The van der Waals surface area contributed by atoms with Crippen molar-refractivity contribution in [2.24, 2.45) is 7.05 Å². The highest BCUT2D eigenvalue weighted by Crippen LogP contribution is 2.33. The summed E-state index contributed by atoms with van der Waals surface area (Å²) in [7, 11) is 1.89. The Labute approximate surface area is 184 Å². The molecule has 1 saturated heterocycles. The second-order valence-corrected chi connectivity index (χ2v) is 8.12. The lowest BCUT2D eigenvalue weighted by atomic mass is 10.0. The average molecular weight is 432 g/mol. The molecule has 1 aromatic carbocycles. The largest absolute Gasteiger partial charge is 0.478 e. The monoisotopic (exact) mass is 432 g/mol. The number of anilines is 1. The van der Waals surface area contributed by atoms with E-state index in [4.69, 9.17) is 14.7 Å². The van der Waals surface area contributed by atoms with Gasteiger partial charge in [-0.25, -0.2) is 14.8 Å². The van der Waals surface area contributed by atoms with Crippen molar-refractivity contribution in [3.63, 3.8) is 0 Å². The summed E-state index contributed by atoms with van der Waals surface area (Å²) >= 11 is 0. The van der Waals surface area contributed by atoms with E-state index in [1.54, 1.807) is 23.0 Å². The van der Waals surface area contributed by atoms with Gasteiger partial charge < -0.3 is 19.7 Å². The Bertz CT molecular complexity index is 1310. The van der Waals surface area contributed by atoms with Gasteiger partial charge in [-0.05, 0) is 37.6 Å². The molecule has 1 aliphatic heterocycles. The quantitative estimate of drug-likeness (QED) is 0.509. The number of aromatic amines is 1. The SMILES string of the molecule is Cc1cnn(C)c1-c1cc(N2CCOCC2C)nc(-c2cc(C(=O)O)cc3[nH]ccc23)n1. The summed E-state index contributed by atoms with van der Waals surface area (Å²) in [4.78, 5) is 26.9. The third kappa shape index (κ3) is 3.40. The van der Waals surface area contributed by atoms with Gasteiger partial charge in [0, 0.05) is 42.3 Å². The lowest BCUT2D eigenvalue weighted by Crippen LogP contribution is -2.44. The van der Waals surface area contributed by atoms with Crippen molar-refractivity contribution in [3.8, 4) is 22.8 Å². The number of carboxylic acid groups (broad SMARTS) is 1. The van der Waals surface area contributed by atoms with Crippen LogP contribution in [0.15, 0.2) is 36.7 Å². The summed E-state index contributed by atoms with van der Waals surface area (Å²) in [6.45, 7) is 6.06. The number of nitrogens with zero attached hydrogens (tertiary/aromatic N) is 5. The predicted octanol–water partition coefficient (Wildman–Crippen LogP) is 3.26. The van der Waals surface area contributed by atoms with Crippen LogP contribution in [0, 0.1) is 6.92 Å². The van der Waals surface area contributed by atoms with E-state index in [0.717, 1.165) is 40.2 Å². The number of H-pyrrole nitrogens is 1. The summed E-state index contributed by atoms with van der Waals surface area (Å²) in [6.07, 6.45) is 3.60. The van der Waals surface area contributed by atoms with Crippen molar-refractivity contribution < 1.29 is 14.6 Å². The Balaban J connectivity index is 1.76. The highest BCUT2D eigenvalue weighted by molar-refractivity contribution is 6.00. The molecule has 0 aliphatic carbocycles. The Kier molecular flexibility index (Phi) is 4.90. The van der Waals surface area contributed by atoms with Gasteiger partial charge in [-0.2, -0.15) is 5.10 Å². The summed E-state index contributed by atoms with van der Waals surface area (Å²) < 4.78 is 7.41. The molecule has 1 aliphatic rings. The van der Waals surface area contributed by atoms with Crippen molar-refractivity contribution in [2.45, 2.75) is 19.9 Å². The minimum Gasteiger partial charge on any atom is -0.478 e. The van der Waals surface area contributed by atoms with Crippen molar-refractivity contribution >= 4 is 22.7 Å². The van der Waals surface area contributed by atoms with Crippen LogP contribution in [0.25, 0.3) is 33.7 Å². The van der Waals surface area contributed by atoms with Crippen molar-refractivity contribution in [1.29, 1.82) is 0 Å². The molecule has 9 heteroatoms. The first-order chi connectivity index (χ1) is 15.4.